The van der Waals surface area contributed by atoms with E-state index in [1.807, 2.05) is 42.5 Å². The second-order valence-corrected chi connectivity index (χ2v) is 33.8. The van der Waals surface area contributed by atoms with Crippen molar-refractivity contribution in [2.75, 3.05) is 0 Å². The van der Waals surface area contributed by atoms with E-state index in [9.17, 15) is 0 Å². The van der Waals surface area contributed by atoms with Gasteiger partial charge < -0.3 is 8.83 Å². The number of rotatable bonds is 8. The summed E-state index contributed by atoms with van der Waals surface area (Å²) in [6, 6.07) is 147. The first kappa shape index (κ1) is 72.6. The average molecular weight is 1650 g/mol. The molecular formula is C116H69N9O2S. The maximum absolute atomic E-state index is 6.48. The smallest absolute Gasteiger partial charge is 0.238 e. The highest BCUT2D eigenvalue weighted by Gasteiger charge is 2.27. The lowest BCUT2D eigenvalue weighted by Gasteiger charge is -2.13. The van der Waals surface area contributed by atoms with Crippen LogP contribution >= 0.6 is 11.3 Å². The van der Waals surface area contributed by atoms with Crippen molar-refractivity contribution < 1.29 is 8.83 Å². The number of benzene rings is 19. The minimum Gasteiger partial charge on any atom is -0.437 e. The molecule has 0 saturated heterocycles. The molecule has 28 rings (SSSR count). The fourth-order valence-corrected chi connectivity index (χ4v) is 20.6. The first-order valence-corrected chi connectivity index (χ1v) is 43.8. The van der Waals surface area contributed by atoms with Crippen molar-refractivity contribution in [3.05, 3.63) is 419 Å². The lowest BCUT2D eigenvalue weighted by molar-refractivity contribution is 0.651. The number of nitrogens with zero attached hydrogens (tertiary/aromatic N) is 9. The summed E-state index contributed by atoms with van der Waals surface area (Å²) in [4.78, 5) is 32.6. The summed E-state index contributed by atoms with van der Waals surface area (Å²) in [6.45, 7) is 0. The van der Waals surface area contributed by atoms with Crippen LogP contribution in [0.4, 0.5) is 0 Å². The number of aromatic nitrogens is 9. The highest BCUT2D eigenvalue weighted by Crippen LogP contribution is 2.47. The highest BCUT2D eigenvalue weighted by atomic mass is 32.1. The highest BCUT2D eigenvalue weighted by molar-refractivity contribution is 7.25. The number of furan rings is 2. The molecule has 128 heavy (non-hydrogen) atoms. The normalized spacial score (nSPS) is 11.9. The van der Waals surface area contributed by atoms with Crippen molar-refractivity contribution >= 4 is 195 Å². The SMILES string of the molecule is c1ccc(-c2ccc(-c3nc(-n4c5ccccc5c5cc6ccccc6cc54)nc4oc5ccccc5c34)cc2)cc1.c1ccc(-c2ccc(-c3nc(-n4c5ccccc5c5cc6ccccc6cc54)nc4sc5ccccc5c34)cc2)cc1.c1ccc2cc3c(cc2c1)c1ccccc1n3-c1nc(-c2cc3ccccc3c3ccccc23)c2c(n1)oc1ccccc12. The molecule has 0 unspecified atom stereocenters. The van der Waals surface area contributed by atoms with Crippen LogP contribution in [0.25, 0.3) is 258 Å². The third kappa shape index (κ3) is 11.8. The molecule has 0 fully saturated rings. The van der Waals surface area contributed by atoms with Gasteiger partial charge in [-0.1, -0.05) is 340 Å². The van der Waals surface area contributed by atoms with E-state index >= 15 is 0 Å². The first-order valence-electron chi connectivity index (χ1n) is 43.0. The van der Waals surface area contributed by atoms with E-state index in [4.69, 9.17) is 38.7 Å². The van der Waals surface area contributed by atoms with E-state index in [2.05, 4.69) is 390 Å². The molecule has 0 N–H and O–H groups in total. The van der Waals surface area contributed by atoms with E-state index < -0.39 is 0 Å². The van der Waals surface area contributed by atoms with Crippen molar-refractivity contribution in [3.8, 4) is 73.9 Å². The van der Waals surface area contributed by atoms with Gasteiger partial charge in [-0.05, 0) is 155 Å². The Kier molecular flexibility index (Phi) is 16.6. The summed E-state index contributed by atoms with van der Waals surface area (Å²) < 4.78 is 20.7. The van der Waals surface area contributed by atoms with Crippen molar-refractivity contribution in [2.45, 2.75) is 0 Å². The number of hydrogen-bond acceptors (Lipinski definition) is 9. The van der Waals surface area contributed by atoms with Crippen LogP contribution in [0.3, 0.4) is 0 Å². The van der Waals surface area contributed by atoms with Crippen molar-refractivity contribution in [2.24, 2.45) is 0 Å². The maximum atomic E-state index is 6.48. The Hall–Kier alpha value is -17.1. The molecule has 0 atom stereocenters. The molecule has 11 nitrogen and oxygen atoms in total. The molecule has 0 aliphatic carbocycles. The molecule has 0 radical (unpaired) electrons. The Morgan fingerprint density at radius 2 is 0.516 bits per heavy atom. The number of hydrogen-bond donors (Lipinski definition) is 0. The first-order chi connectivity index (χ1) is 63.4. The quantitative estimate of drug-likeness (QED) is 0.138. The van der Waals surface area contributed by atoms with Gasteiger partial charge >= 0.3 is 0 Å². The third-order valence-electron chi connectivity index (χ3n) is 25.5. The molecule has 9 aromatic heterocycles. The molecule has 0 aliphatic heterocycles. The van der Waals surface area contributed by atoms with E-state index in [0.29, 0.717) is 29.3 Å². The maximum Gasteiger partial charge on any atom is 0.238 e. The van der Waals surface area contributed by atoms with Crippen LogP contribution in [0.5, 0.6) is 0 Å². The molecule has 0 bridgehead atoms. The van der Waals surface area contributed by atoms with Crippen molar-refractivity contribution in [1.29, 1.82) is 0 Å². The molecule has 12 heteroatoms. The third-order valence-corrected chi connectivity index (χ3v) is 26.5. The molecule has 0 aliphatic rings. The van der Waals surface area contributed by atoms with Gasteiger partial charge in [0, 0.05) is 75.3 Å². The summed E-state index contributed by atoms with van der Waals surface area (Å²) >= 11 is 1.73. The topological polar surface area (TPSA) is 118 Å². The van der Waals surface area contributed by atoms with Crippen LogP contribution in [0.1, 0.15) is 0 Å². The largest absolute Gasteiger partial charge is 0.437 e. The van der Waals surface area contributed by atoms with Gasteiger partial charge in [-0.15, -0.1) is 11.3 Å². The van der Waals surface area contributed by atoms with Crippen LogP contribution in [0.15, 0.2) is 427 Å². The average Bonchev–Trinajstić information content (AvgIpc) is 1.63. The summed E-state index contributed by atoms with van der Waals surface area (Å²) in [5.41, 5.74) is 19.8. The second-order valence-electron chi connectivity index (χ2n) is 32.7. The van der Waals surface area contributed by atoms with Crippen LogP contribution in [0, 0.1) is 0 Å². The number of fused-ring (bicyclic) bond motifs is 24. The lowest BCUT2D eigenvalue weighted by atomic mass is 9.94. The Balaban J connectivity index is 0.000000102. The molecule has 9 heterocycles. The number of para-hydroxylation sites is 5. The zero-order valence-electron chi connectivity index (χ0n) is 68.6. The Morgan fingerprint density at radius 3 is 0.977 bits per heavy atom. The Bertz CT molecular complexity index is 9060. The van der Waals surface area contributed by atoms with Gasteiger partial charge in [0.25, 0.3) is 0 Å². The molecule has 0 amide bonds. The number of thiophene rings is 1. The van der Waals surface area contributed by atoms with Gasteiger partial charge in [-0.3, -0.25) is 13.7 Å². The van der Waals surface area contributed by atoms with Gasteiger partial charge in [0.1, 0.15) is 16.0 Å². The molecular weight excluding hydrogens is 1580 g/mol. The lowest BCUT2D eigenvalue weighted by Crippen LogP contribution is -2.03. The van der Waals surface area contributed by atoms with E-state index in [-0.39, 0.29) is 0 Å². The van der Waals surface area contributed by atoms with Gasteiger partial charge in [-0.2, -0.15) is 9.97 Å². The Labute approximate surface area is 734 Å². The summed E-state index contributed by atoms with van der Waals surface area (Å²) in [7, 11) is 0. The second kappa shape index (κ2) is 29.3. The summed E-state index contributed by atoms with van der Waals surface area (Å²) in [6.07, 6.45) is 0. The fourth-order valence-electron chi connectivity index (χ4n) is 19.5. The van der Waals surface area contributed by atoms with Gasteiger partial charge in [0.2, 0.25) is 29.3 Å². The summed E-state index contributed by atoms with van der Waals surface area (Å²) in [5, 5.41) is 25.2. The molecule has 19 aromatic carbocycles. The van der Waals surface area contributed by atoms with Crippen molar-refractivity contribution in [1.82, 2.24) is 43.6 Å². The van der Waals surface area contributed by atoms with E-state index in [1.165, 1.54) is 108 Å². The summed E-state index contributed by atoms with van der Waals surface area (Å²) in [5.74, 6) is 1.87. The van der Waals surface area contributed by atoms with Crippen LogP contribution < -0.4 is 0 Å². The van der Waals surface area contributed by atoms with Gasteiger partial charge in [-0.25, -0.2) is 19.9 Å². The minimum absolute atomic E-state index is 0.579. The zero-order chi connectivity index (χ0) is 84.0. The monoisotopic (exact) mass is 1650 g/mol. The minimum atomic E-state index is 0.579. The fraction of sp³-hybridized carbons (Fsp3) is 0. The predicted octanol–water partition coefficient (Wildman–Crippen LogP) is 31.0. The molecule has 0 spiro atoms. The molecule has 0 saturated carbocycles. The standard InChI is InChI=1S/C40H23N3O.C38H23N3O.C38H23N3S/c1-2-12-25-23-35-32(21-24(25)11-1)30-17-7-9-19-34(30)43(35)40-41-38(37-31-18-8-10-20-36(31)44-39(37)42-40)33-22-26-13-3-4-14-27(26)28-15-5-6-16-29(28)33;2*1-2-10-24(11-3-1)25-18-20-26(21-19-25)36-35-30-15-7-9-17-34(30)42-37(35)40-38(39-36)41-32-16-8-6-14-29(32)31-22-27-12-4-5-13-28(27)23-33(31)41/h1-23H;2*1-23H. The molecule has 596 valence electrons. The van der Waals surface area contributed by atoms with E-state index in [0.717, 1.165) is 121 Å². The van der Waals surface area contributed by atoms with Gasteiger partial charge in [0.15, 0.2) is 0 Å². The van der Waals surface area contributed by atoms with Crippen LogP contribution in [-0.2, 0) is 0 Å². The van der Waals surface area contributed by atoms with Crippen molar-refractivity contribution in [3.63, 3.8) is 0 Å². The Morgan fingerprint density at radius 1 is 0.195 bits per heavy atom. The van der Waals surface area contributed by atoms with Crippen LogP contribution in [0.2, 0.25) is 0 Å². The zero-order valence-corrected chi connectivity index (χ0v) is 69.4. The molecule has 28 aromatic rings. The predicted molar refractivity (Wildman–Crippen MR) is 531 cm³/mol. The van der Waals surface area contributed by atoms with Gasteiger partial charge in [0.05, 0.1) is 61.0 Å². The van der Waals surface area contributed by atoms with Crippen LogP contribution in [-0.4, -0.2) is 43.6 Å². The van der Waals surface area contributed by atoms with E-state index in [1.54, 1.807) is 11.3 Å².